The third kappa shape index (κ3) is 3.97. The number of H-pyrrole nitrogens is 2. The Morgan fingerprint density at radius 2 is 2.21 bits per heavy atom. The zero-order valence-electron chi connectivity index (χ0n) is 11.2. The molecule has 0 unspecified atom stereocenters. The van der Waals surface area contributed by atoms with Gasteiger partial charge in [-0.05, 0) is 18.5 Å². The lowest BCUT2D eigenvalue weighted by Crippen LogP contribution is -2.17. The number of halogens is 1. The van der Waals surface area contributed by atoms with Crippen LogP contribution in [0.1, 0.15) is 25.3 Å². The monoisotopic (exact) mass is 285 g/mol. The van der Waals surface area contributed by atoms with Crippen molar-refractivity contribution in [3.8, 4) is 0 Å². The van der Waals surface area contributed by atoms with Crippen LogP contribution >= 0.6 is 11.6 Å². The number of aromatic amines is 2. The summed E-state index contributed by atoms with van der Waals surface area (Å²) >= 11 is 4.64. The Hall–Kier alpha value is -1.53. The van der Waals surface area contributed by atoms with Crippen LogP contribution in [0.3, 0.4) is 0 Å². The standard InChI is InChI=1S/C11H17N5O.CH3Cl/c1-2-3-4-13-5-7-6-14-9-8(7)10(17)16-11(12)15-9;1-2/h6,13H,2-5H2,1H3,(H4,12,14,15,16,17);1H3. The van der Waals surface area contributed by atoms with Gasteiger partial charge in [0.1, 0.15) is 5.65 Å². The van der Waals surface area contributed by atoms with E-state index in [0.29, 0.717) is 17.6 Å². The molecular weight excluding hydrogens is 266 g/mol. The molecule has 2 aromatic rings. The maximum absolute atomic E-state index is 11.7. The molecule has 0 radical (unpaired) electrons. The van der Waals surface area contributed by atoms with Crippen LogP contribution in [0.5, 0.6) is 0 Å². The molecule has 0 bridgehead atoms. The minimum atomic E-state index is -0.193. The number of anilines is 1. The molecule has 0 fully saturated rings. The van der Waals surface area contributed by atoms with E-state index in [1.54, 1.807) is 6.20 Å². The predicted octanol–water partition coefficient (Wildman–Crippen LogP) is 1.58. The molecule has 0 saturated carbocycles. The lowest BCUT2D eigenvalue weighted by molar-refractivity contribution is 0.643. The highest BCUT2D eigenvalue weighted by Gasteiger charge is 2.09. The first kappa shape index (κ1) is 15.5. The van der Waals surface area contributed by atoms with Gasteiger partial charge >= 0.3 is 0 Å². The zero-order valence-corrected chi connectivity index (χ0v) is 12.0. The molecule has 7 heteroatoms. The molecule has 0 aliphatic carbocycles. The summed E-state index contributed by atoms with van der Waals surface area (Å²) in [6.45, 7) is 3.75. The molecule has 0 spiro atoms. The lowest BCUT2D eigenvalue weighted by atomic mass is 10.2. The van der Waals surface area contributed by atoms with E-state index < -0.39 is 0 Å². The van der Waals surface area contributed by atoms with E-state index in [1.807, 2.05) is 0 Å². The molecule has 106 valence electrons. The second kappa shape index (κ2) is 7.81. The first-order chi connectivity index (χ1) is 9.22. The van der Waals surface area contributed by atoms with Crippen molar-refractivity contribution < 1.29 is 0 Å². The van der Waals surface area contributed by atoms with Crippen molar-refractivity contribution in [1.29, 1.82) is 0 Å². The van der Waals surface area contributed by atoms with Crippen molar-refractivity contribution in [2.75, 3.05) is 18.7 Å². The summed E-state index contributed by atoms with van der Waals surface area (Å²) in [7, 11) is 0. The Morgan fingerprint density at radius 1 is 1.47 bits per heavy atom. The topological polar surface area (TPSA) is 99.6 Å². The molecule has 0 amide bonds. The number of hydrogen-bond acceptors (Lipinski definition) is 4. The number of alkyl halides is 1. The summed E-state index contributed by atoms with van der Waals surface area (Å²) in [6, 6.07) is 0. The molecule has 0 saturated heterocycles. The quantitative estimate of drug-likeness (QED) is 0.495. The van der Waals surface area contributed by atoms with Gasteiger partial charge in [-0.3, -0.25) is 9.78 Å². The van der Waals surface area contributed by atoms with Gasteiger partial charge in [-0.25, -0.2) is 0 Å². The second-order valence-corrected chi connectivity index (χ2v) is 4.02. The smallest absolute Gasteiger partial charge is 0.262 e. The van der Waals surface area contributed by atoms with E-state index in [0.717, 1.165) is 24.9 Å². The third-order valence-corrected chi connectivity index (χ3v) is 2.66. The van der Waals surface area contributed by atoms with Gasteiger partial charge < -0.3 is 16.0 Å². The van der Waals surface area contributed by atoms with Crippen LogP contribution in [0.2, 0.25) is 0 Å². The fourth-order valence-corrected chi connectivity index (χ4v) is 1.78. The van der Waals surface area contributed by atoms with E-state index in [1.165, 1.54) is 6.38 Å². The van der Waals surface area contributed by atoms with Crippen LogP contribution in [0.25, 0.3) is 11.0 Å². The van der Waals surface area contributed by atoms with E-state index in [-0.39, 0.29) is 11.5 Å². The Morgan fingerprint density at radius 3 is 2.89 bits per heavy atom. The Balaban J connectivity index is 0.000000861. The normalized spacial score (nSPS) is 10.3. The molecule has 2 aromatic heterocycles. The van der Waals surface area contributed by atoms with E-state index in [9.17, 15) is 4.79 Å². The molecule has 0 aromatic carbocycles. The number of hydrogen-bond donors (Lipinski definition) is 4. The molecule has 6 nitrogen and oxygen atoms in total. The number of nitrogens with zero attached hydrogens (tertiary/aromatic N) is 1. The maximum atomic E-state index is 11.7. The van der Waals surface area contributed by atoms with Crippen LogP contribution < -0.4 is 16.6 Å². The number of rotatable bonds is 5. The Labute approximate surface area is 116 Å². The van der Waals surface area contributed by atoms with Gasteiger partial charge in [-0.1, -0.05) is 13.3 Å². The van der Waals surface area contributed by atoms with Gasteiger partial charge in [-0.2, -0.15) is 4.98 Å². The summed E-state index contributed by atoms with van der Waals surface area (Å²) in [5.41, 5.74) is 6.74. The van der Waals surface area contributed by atoms with Gasteiger partial charge in [0.2, 0.25) is 5.95 Å². The summed E-state index contributed by atoms with van der Waals surface area (Å²) in [5.74, 6) is 0.134. The number of nitrogen functional groups attached to an aromatic ring is 1. The number of nitrogens with one attached hydrogen (secondary N) is 3. The summed E-state index contributed by atoms with van der Waals surface area (Å²) in [5, 5.41) is 3.88. The Bertz CT molecular complexity index is 563. The highest BCUT2D eigenvalue weighted by atomic mass is 35.5. The number of fused-ring (bicyclic) bond motifs is 1. The molecular formula is C12H20ClN5O. The molecule has 2 heterocycles. The van der Waals surface area contributed by atoms with Crippen molar-refractivity contribution in [1.82, 2.24) is 20.3 Å². The van der Waals surface area contributed by atoms with Gasteiger partial charge in [0, 0.05) is 19.1 Å². The molecule has 0 aliphatic heterocycles. The highest BCUT2D eigenvalue weighted by Crippen LogP contribution is 2.11. The van der Waals surface area contributed by atoms with E-state index in [4.69, 9.17) is 5.73 Å². The first-order valence-electron chi connectivity index (χ1n) is 6.16. The second-order valence-electron chi connectivity index (χ2n) is 4.02. The van der Waals surface area contributed by atoms with Crippen molar-refractivity contribution in [3.05, 3.63) is 22.1 Å². The van der Waals surface area contributed by atoms with Gasteiger partial charge in [0.05, 0.1) is 5.39 Å². The van der Waals surface area contributed by atoms with Gasteiger partial charge in [0.25, 0.3) is 5.56 Å². The van der Waals surface area contributed by atoms with Crippen molar-refractivity contribution in [2.24, 2.45) is 0 Å². The predicted molar refractivity (Wildman–Crippen MR) is 79.5 cm³/mol. The van der Waals surface area contributed by atoms with Gasteiger partial charge in [0.15, 0.2) is 0 Å². The van der Waals surface area contributed by atoms with E-state index in [2.05, 4.69) is 38.8 Å². The largest absolute Gasteiger partial charge is 0.369 e. The van der Waals surface area contributed by atoms with Gasteiger partial charge in [-0.15, -0.1) is 11.6 Å². The van der Waals surface area contributed by atoms with Crippen LogP contribution in [-0.4, -0.2) is 27.9 Å². The summed E-state index contributed by atoms with van der Waals surface area (Å²) in [6.07, 6.45) is 5.55. The molecule has 2 rings (SSSR count). The molecule has 0 aliphatic rings. The summed E-state index contributed by atoms with van der Waals surface area (Å²) in [4.78, 5) is 21.3. The lowest BCUT2D eigenvalue weighted by Gasteiger charge is -2.01. The SMILES string of the molecule is CCCCNCc1c[nH]c2nc(N)[nH]c(=O)c12.CCl. The highest BCUT2D eigenvalue weighted by molar-refractivity contribution is 6.15. The fraction of sp³-hybridized carbons (Fsp3) is 0.500. The number of unbranched alkanes of at least 4 members (excludes halogenated alkanes) is 1. The van der Waals surface area contributed by atoms with Crippen LogP contribution in [0, 0.1) is 0 Å². The molecule has 19 heavy (non-hydrogen) atoms. The van der Waals surface area contributed by atoms with Crippen molar-refractivity contribution >= 4 is 28.6 Å². The molecule has 5 N–H and O–H groups in total. The zero-order chi connectivity index (χ0) is 14.3. The number of aromatic nitrogens is 3. The Kier molecular flexibility index (Phi) is 6.38. The van der Waals surface area contributed by atoms with Crippen LogP contribution in [-0.2, 0) is 6.54 Å². The van der Waals surface area contributed by atoms with E-state index >= 15 is 0 Å². The average molecular weight is 286 g/mol. The fourth-order valence-electron chi connectivity index (χ4n) is 1.78. The first-order valence-corrected chi connectivity index (χ1v) is 6.92. The average Bonchev–Trinajstić information content (AvgIpc) is 2.80. The van der Waals surface area contributed by atoms with Crippen molar-refractivity contribution in [2.45, 2.75) is 26.3 Å². The summed E-state index contributed by atoms with van der Waals surface area (Å²) < 4.78 is 0. The van der Waals surface area contributed by atoms with Crippen LogP contribution in [0.4, 0.5) is 5.95 Å². The number of nitrogens with two attached hydrogens (primary N) is 1. The minimum Gasteiger partial charge on any atom is -0.369 e. The minimum absolute atomic E-state index is 0.134. The maximum Gasteiger partial charge on any atom is 0.262 e. The molecule has 0 atom stereocenters. The van der Waals surface area contributed by atoms with Crippen LogP contribution in [0.15, 0.2) is 11.0 Å². The van der Waals surface area contributed by atoms with Crippen molar-refractivity contribution in [3.63, 3.8) is 0 Å². The third-order valence-electron chi connectivity index (χ3n) is 2.66.